The van der Waals surface area contributed by atoms with Crippen molar-refractivity contribution in [1.82, 2.24) is 0 Å². The molecule has 0 aliphatic carbocycles. The van der Waals surface area contributed by atoms with Gasteiger partial charge in [-0.3, -0.25) is 4.39 Å². The number of esters is 1. The number of allylic oxidation sites excluding steroid dienone is 1. The van der Waals surface area contributed by atoms with Crippen LogP contribution in [0.25, 0.3) is 0 Å². The third kappa shape index (κ3) is 7.91. The van der Waals surface area contributed by atoms with Gasteiger partial charge in [0.1, 0.15) is 11.9 Å². The van der Waals surface area contributed by atoms with Crippen LogP contribution in [0.2, 0.25) is 0 Å². The maximum Gasteiger partial charge on any atom is 0.338 e. The van der Waals surface area contributed by atoms with Gasteiger partial charge in [-0.25, -0.2) is 9.18 Å². The van der Waals surface area contributed by atoms with Gasteiger partial charge in [0.05, 0.1) is 26.0 Å². The third-order valence-corrected chi connectivity index (χ3v) is 4.73. The van der Waals surface area contributed by atoms with Gasteiger partial charge >= 0.3 is 5.97 Å². The van der Waals surface area contributed by atoms with Crippen molar-refractivity contribution in [2.45, 2.75) is 45.5 Å². The summed E-state index contributed by atoms with van der Waals surface area (Å²) in [6, 6.07) is 13.3. The number of alkyl halides is 1. The van der Waals surface area contributed by atoms with E-state index in [1.807, 2.05) is 19.1 Å². The first kappa shape index (κ1) is 28.2. The highest BCUT2D eigenvalue weighted by molar-refractivity contribution is 5.89. The van der Waals surface area contributed by atoms with Crippen LogP contribution < -0.4 is 0 Å². The van der Waals surface area contributed by atoms with E-state index >= 15 is 0 Å². The summed E-state index contributed by atoms with van der Waals surface area (Å²) in [5.41, 5.74) is 2.97. The predicted octanol–water partition coefficient (Wildman–Crippen LogP) is 6.56. The average Bonchev–Trinajstić information content (AvgIpc) is 2.82. The Morgan fingerprint density at radius 3 is 2.09 bits per heavy atom. The molecule has 0 unspecified atom stereocenters. The average molecular weight is 461 g/mol. The second-order valence-electron chi connectivity index (χ2n) is 7.41. The largest absolute Gasteiger partial charge is 0.454 e. The molecule has 2 aromatic carbocycles. The van der Waals surface area contributed by atoms with Crippen LogP contribution in [0.5, 0.6) is 0 Å². The fourth-order valence-electron chi connectivity index (χ4n) is 3.22. The molecule has 4 nitrogen and oxygen atoms in total. The topological polar surface area (TPSA) is 44.8 Å². The lowest BCUT2D eigenvalue weighted by Crippen LogP contribution is -2.46. The molecule has 0 aromatic heterocycles. The lowest BCUT2D eigenvalue weighted by molar-refractivity contribution is -0.279. The number of aryl methyl sites for hydroxylation is 1. The summed E-state index contributed by atoms with van der Waals surface area (Å²) in [5, 5.41) is 0. The second-order valence-corrected chi connectivity index (χ2v) is 7.41. The molecule has 1 fully saturated rings. The Morgan fingerprint density at radius 1 is 1.12 bits per heavy atom. The Hall–Kier alpha value is -2.83. The van der Waals surface area contributed by atoms with Crippen LogP contribution in [0, 0.1) is 5.82 Å². The molecule has 0 N–H and O–H groups in total. The normalized spacial score (nSPS) is 19.2. The molecule has 0 bridgehead atoms. The van der Waals surface area contributed by atoms with Crippen molar-refractivity contribution in [2.75, 3.05) is 20.4 Å². The molecule has 1 heterocycles. The number of carbonyl (C=O) groups excluding carboxylic acids is 1. The van der Waals surface area contributed by atoms with Crippen LogP contribution >= 0.6 is 0 Å². The molecular formula is C27H34F2O4. The molecule has 0 amide bonds. The van der Waals surface area contributed by atoms with Gasteiger partial charge in [0.2, 0.25) is 5.79 Å². The minimum Gasteiger partial charge on any atom is -0.454 e. The lowest BCUT2D eigenvalue weighted by Gasteiger charge is -2.40. The van der Waals surface area contributed by atoms with Gasteiger partial charge in [0.15, 0.2) is 0 Å². The van der Waals surface area contributed by atoms with Gasteiger partial charge in [-0.1, -0.05) is 50.3 Å². The number of hydrogen-bond donors (Lipinski definition) is 0. The molecular weight excluding hydrogens is 426 g/mol. The summed E-state index contributed by atoms with van der Waals surface area (Å²) >= 11 is 0. The summed E-state index contributed by atoms with van der Waals surface area (Å²) < 4.78 is 40.1. The predicted molar refractivity (Wildman–Crippen MR) is 127 cm³/mol. The quantitative estimate of drug-likeness (QED) is 0.362. The molecule has 1 aliphatic heterocycles. The lowest BCUT2D eigenvalue weighted by atomic mass is 9.98. The van der Waals surface area contributed by atoms with E-state index in [4.69, 9.17) is 14.2 Å². The molecule has 180 valence electrons. The summed E-state index contributed by atoms with van der Waals surface area (Å²) in [5.74, 6) is -1.92. The van der Waals surface area contributed by atoms with Crippen molar-refractivity contribution >= 4 is 5.97 Å². The maximum atomic E-state index is 13.3. The van der Waals surface area contributed by atoms with Crippen molar-refractivity contribution in [3.8, 4) is 0 Å². The molecule has 1 saturated heterocycles. The van der Waals surface area contributed by atoms with Crippen LogP contribution in [0.1, 0.15) is 48.7 Å². The zero-order valence-electron chi connectivity index (χ0n) is 19.9. The number of halogens is 2. The Morgan fingerprint density at radius 2 is 1.64 bits per heavy atom. The molecule has 2 aromatic rings. The van der Waals surface area contributed by atoms with E-state index in [2.05, 4.69) is 20.1 Å². The van der Waals surface area contributed by atoms with Crippen molar-refractivity contribution in [3.05, 3.63) is 95.8 Å². The number of benzene rings is 2. The Bertz CT molecular complexity index is 868. The van der Waals surface area contributed by atoms with Gasteiger partial charge in [0.25, 0.3) is 0 Å². The number of ether oxygens (including phenoxy) is 3. The maximum absolute atomic E-state index is 13.3. The Balaban J connectivity index is 0.00000101. The molecule has 0 atom stereocenters. The monoisotopic (exact) mass is 460 g/mol. The van der Waals surface area contributed by atoms with Crippen molar-refractivity contribution < 1.29 is 27.8 Å². The van der Waals surface area contributed by atoms with Crippen LogP contribution in [-0.4, -0.2) is 32.5 Å². The number of carbonyl (C=O) groups is 1. The molecule has 0 spiro atoms. The molecule has 0 saturated carbocycles. The highest BCUT2D eigenvalue weighted by Gasteiger charge is 2.41. The van der Waals surface area contributed by atoms with Gasteiger partial charge in [0, 0.05) is 5.56 Å². The van der Waals surface area contributed by atoms with E-state index < -0.39 is 17.9 Å². The Labute approximate surface area is 195 Å². The van der Waals surface area contributed by atoms with Crippen LogP contribution in [0.15, 0.2) is 73.3 Å². The fourth-order valence-corrected chi connectivity index (χ4v) is 3.22. The second kappa shape index (κ2) is 14.3. The zero-order chi connectivity index (χ0) is 24.9. The number of hydrogen-bond acceptors (Lipinski definition) is 4. The van der Waals surface area contributed by atoms with E-state index in [1.165, 1.54) is 17.7 Å². The highest BCUT2D eigenvalue weighted by atomic mass is 19.1. The highest BCUT2D eigenvalue weighted by Crippen LogP contribution is 2.37. The first-order valence-corrected chi connectivity index (χ1v) is 10.8. The molecule has 6 heteroatoms. The van der Waals surface area contributed by atoms with Gasteiger partial charge in [-0.05, 0) is 55.7 Å². The fraction of sp³-hybridized carbons (Fsp3) is 0.370. The first-order chi connectivity index (χ1) is 15.9. The van der Waals surface area contributed by atoms with E-state index in [-0.39, 0.29) is 19.0 Å². The molecule has 1 aliphatic rings. The van der Waals surface area contributed by atoms with Crippen LogP contribution in [0.4, 0.5) is 8.78 Å². The van der Waals surface area contributed by atoms with E-state index in [1.54, 1.807) is 37.3 Å². The minimum absolute atomic E-state index is 0.157. The zero-order valence-corrected chi connectivity index (χ0v) is 19.9. The van der Waals surface area contributed by atoms with Crippen LogP contribution in [-0.2, 0) is 26.4 Å². The molecule has 0 radical (unpaired) electrons. The van der Waals surface area contributed by atoms with E-state index in [0.717, 1.165) is 12.8 Å². The molecule has 3 rings (SSSR count). The summed E-state index contributed by atoms with van der Waals surface area (Å²) in [6.45, 7) is 13.4. The third-order valence-electron chi connectivity index (χ3n) is 4.73. The number of rotatable bonds is 6. The summed E-state index contributed by atoms with van der Waals surface area (Å²) in [7, 11) is 0.500. The molecule has 33 heavy (non-hydrogen) atoms. The summed E-state index contributed by atoms with van der Waals surface area (Å²) in [6.07, 6.45) is 3.25. The smallest absolute Gasteiger partial charge is 0.338 e. The van der Waals surface area contributed by atoms with Crippen molar-refractivity contribution in [2.24, 2.45) is 0 Å². The van der Waals surface area contributed by atoms with Gasteiger partial charge < -0.3 is 14.2 Å². The Kier molecular flexibility index (Phi) is 12.3. The van der Waals surface area contributed by atoms with Crippen molar-refractivity contribution in [1.29, 1.82) is 0 Å². The van der Waals surface area contributed by atoms with Crippen molar-refractivity contribution in [3.63, 3.8) is 0 Å². The first-order valence-electron chi connectivity index (χ1n) is 10.8. The minimum atomic E-state index is -1.17. The summed E-state index contributed by atoms with van der Waals surface area (Å²) in [4.78, 5) is 12.4. The van der Waals surface area contributed by atoms with Crippen LogP contribution in [0.3, 0.4) is 0 Å². The SMILES string of the molecule is C=C(C)C1(c2ccc(F)cc2)OCC(OC(=O)c2ccc(CCC)cc2)CO1.C=CC.CF. The van der Waals surface area contributed by atoms with E-state index in [0.29, 0.717) is 23.9 Å². The van der Waals surface area contributed by atoms with Gasteiger partial charge in [-0.15, -0.1) is 6.58 Å². The standard InChI is InChI=1S/C23H25FO4.C3H6.CH3F/c1-4-5-17-6-8-18(9-7-17)22(25)28-21-14-26-23(16(2)3,27-15-21)19-10-12-20(24)13-11-19;1-3-2;1-2/h6-13,21H,2,4-5,14-15H2,1,3H3;3H,1H2,2H3;1H3. The van der Waals surface area contributed by atoms with E-state index in [9.17, 15) is 13.6 Å². The van der Waals surface area contributed by atoms with Gasteiger partial charge in [-0.2, -0.15) is 0 Å².